The van der Waals surface area contributed by atoms with Gasteiger partial charge in [0, 0.05) is 37.9 Å². The Morgan fingerprint density at radius 3 is 2.57 bits per heavy atom. The smallest absolute Gasteiger partial charge is 0.225 e. The minimum atomic E-state index is -3.50. The summed E-state index contributed by atoms with van der Waals surface area (Å²) in [6.07, 6.45) is 10.4. The van der Waals surface area contributed by atoms with Crippen LogP contribution in [-0.4, -0.2) is 52.3 Å². The van der Waals surface area contributed by atoms with Gasteiger partial charge in [-0.05, 0) is 54.3 Å². The Morgan fingerprint density at radius 1 is 1.11 bits per heavy atom. The number of nitrogens with one attached hydrogen (secondary N) is 1. The van der Waals surface area contributed by atoms with Crippen molar-refractivity contribution >= 4 is 38.4 Å². The lowest BCUT2D eigenvalue weighted by Gasteiger charge is -2.25. The molecule has 3 aromatic heterocycles. The van der Waals surface area contributed by atoms with Crippen LogP contribution in [-0.2, 0) is 16.3 Å². The molecule has 1 aliphatic rings. The van der Waals surface area contributed by atoms with Gasteiger partial charge in [-0.15, -0.1) is 10.2 Å². The number of benzene rings is 1. The van der Waals surface area contributed by atoms with E-state index in [4.69, 9.17) is 0 Å². The summed E-state index contributed by atoms with van der Waals surface area (Å²) in [6, 6.07) is 7.37. The first-order chi connectivity index (χ1) is 16.8. The maximum Gasteiger partial charge on any atom is 0.225 e. The number of fused-ring (bicyclic) bond motifs is 1. The quantitative estimate of drug-likeness (QED) is 0.434. The molecule has 0 atom stereocenters. The zero-order chi connectivity index (χ0) is 24.6. The Hall–Kier alpha value is -3.86. The lowest BCUT2D eigenvalue weighted by atomic mass is 10.1. The minimum absolute atomic E-state index is 0.0755. The third-order valence-corrected chi connectivity index (χ3v) is 7.06. The van der Waals surface area contributed by atoms with Gasteiger partial charge in [-0.1, -0.05) is 13.0 Å². The van der Waals surface area contributed by atoms with Gasteiger partial charge in [0.15, 0.2) is 21.3 Å². The van der Waals surface area contributed by atoms with Gasteiger partial charge in [-0.3, -0.25) is 4.40 Å². The zero-order valence-corrected chi connectivity index (χ0v) is 20.1. The van der Waals surface area contributed by atoms with Gasteiger partial charge in [0.25, 0.3) is 0 Å². The van der Waals surface area contributed by atoms with Gasteiger partial charge in [0.2, 0.25) is 5.95 Å². The lowest BCUT2D eigenvalue weighted by Crippen LogP contribution is -2.30. The van der Waals surface area contributed by atoms with Crippen molar-refractivity contribution in [1.82, 2.24) is 24.6 Å². The van der Waals surface area contributed by atoms with E-state index in [9.17, 15) is 12.8 Å². The Kier molecular flexibility index (Phi) is 5.93. The Labute approximate surface area is 202 Å². The molecule has 9 nitrogen and oxygen atoms in total. The molecule has 0 spiro atoms. The number of anilines is 3. The van der Waals surface area contributed by atoms with E-state index in [0.29, 0.717) is 23.8 Å². The molecule has 1 N–H and O–H groups in total. The number of pyridine rings is 1. The van der Waals surface area contributed by atoms with Crippen LogP contribution in [0.1, 0.15) is 24.7 Å². The maximum atomic E-state index is 14.6. The Morgan fingerprint density at radius 2 is 1.91 bits per heavy atom. The number of hydrogen-bond donors (Lipinski definition) is 1. The molecule has 0 bridgehead atoms. The van der Waals surface area contributed by atoms with E-state index < -0.39 is 15.7 Å². The van der Waals surface area contributed by atoms with Gasteiger partial charge >= 0.3 is 0 Å². The van der Waals surface area contributed by atoms with Gasteiger partial charge in [-0.25, -0.2) is 22.8 Å². The van der Waals surface area contributed by atoms with Crippen LogP contribution in [0.5, 0.6) is 0 Å². The maximum absolute atomic E-state index is 14.6. The summed E-state index contributed by atoms with van der Waals surface area (Å²) in [5, 5.41) is 11.7. The topological polar surface area (TPSA) is 105 Å². The number of aromatic nitrogens is 5. The third-order valence-electron chi connectivity index (χ3n) is 5.95. The number of hydrogen-bond acceptors (Lipinski definition) is 8. The Bertz CT molecular complexity index is 1530. The molecule has 5 rings (SSSR count). The van der Waals surface area contributed by atoms with E-state index in [-0.39, 0.29) is 10.6 Å². The van der Waals surface area contributed by atoms with E-state index in [1.165, 1.54) is 12.1 Å². The van der Waals surface area contributed by atoms with Crippen LogP contribution in [0.15, 0.2) is 59.9 Å². The summed E-state index contributed by atoms with van der Waals surface area (Å²) in [7, 11) is -3.50. The highest BCUT2D eigenvalue weighted by molar-refractivity contribution is 7.90. The van der Waals surface area contributed by atoms with Crippen molar-refractivity contribution in [2.45, 2.75) is 24.7 Å². The minimum Gasteiger partial charge on any atom is -0.350 e. The highest BCUT2D eigenvalue weighted by atomic mass is 32.2. The first-order valence-electron chi connectivity index (χ1n) is 11.2. The van der Waals surface area contributed by atoms with Gasteiger partial charge in [0.1, 0.15) is 5.82 Å². The molecular weight excluding hydrogens is 469 g/mol. The van der Waals surface area contributed by atoms with Crippen molar-refractivity contribution in [3.05, 3.63) is 72.2 Å². The molecule has 1 aromatic carbocycles. The van der Waals surface area contributed by atoms with Crippen LogP contribution in [0, 0.1) is 5.82 Å². The average Bonchev–Trinajstić information content (AvgIpc) is 3.30. The molecule has 4 aromatic rings. The van der Waals surface area contributed by atoms with Crippen molar-refractivity contribution in [1.29, 1.82) is 0 Å². The zero-order valence-electron chi connectivity index (χ0n) is 19.3. The summed E-state index contributed by atoms with van der Waals surface area (Å²) in [5.41, 5.74) is 3.40. The van der Waals surface area contributed by atoms with Crippen molar-refractivity contribution in [3.8, 4) is 0 Å². The van der Waals surface area contributed by atoms with E-state index in [0.717, 1.165) is 48.7 Å². The van der Waals surface area contributed by atoms with Crippen LogP contribution >= 0.6 is 0 Å². The molecule has 0 fully saturated rings. The molecular formula is C24H24FN7O2S. The number of halogens is 1. The van der Waals surface area contributed by atoms with Crippen LogP contribution in [0.3, 0.4) is 0 Å². The summed E-state index contributed by atoms with van der Waals surface area (Å²) in [5.74, 6) is 0.761. The summed E-state index contributed by atoms with van der Waals surface area (Å²) in [4.78, 5) is 11.0. The average molecular weight is 494 g/mol. The molecule has 0 amide bonds. The monoisotopic (exact) mass is 493 g/mol. The fourth-order valence-electron chi connectivity index (χ4n) is 3.95. The molecule has 1 aliphatic heterocycles. The SMILES string of the molecule is CCc1cnc(N2CC=C(c3nnc4c(Nc5ccc(S(C)(=O)=O)cc5F)cccn34)CC2)nc1. The third kappa shape index (κ3) is 4.59. The summed E-state index contributed by atoms with van der Waals surface area (Å²) < 4.78 is 39.8. The second kappa shape index (κ2) is 9.06. The van der Waals surface area contributed by atoms with Crippen molar-refractivity contribution in [2.24, 2.45) is 0 Å². The van der Waals surface area contributed by atoms with E-state index in [1.807, 2.05) is 29.1 Å². The van der Waals surface area contributed by atoms with Gasteiger partial charge in [0.05, 0.1) is 16.3 Å². The van der Waals surface area contributed by atoms with Crippen LogP contribution in [0.4, 0.5) is 21.7 Å². The van der Waals surface area contributed by atoms with Crippen LogP contribution in [0.25, 0.3) is 11.2 Å². The molecule has 0 radical (unpaired) electrons. The second-order valence-electron chi connectivity index (χ2n) is 8.35. The largest absolute Gasteiger partial charge is 0.350 e. The number of nitrogens with zero attached hydrogens (tertiary/aromatic N) is 6. The van der Waals surface area contributed by atoms with Gasteiger partial charge in [-0.2, -0.15) is 0 Å². The summed E-state index contributed by atoms with van der Waals surface area (Å²) in [6.45, 7) is 3.48. The number of rotatable bonds is 6. The van der Waals surface area contributed by atoms with E-state index in [2.05, 4.69) is 43.4 Å². The fraction of sp³-hybridized carbons (Fsp3) is 0.250. The second-order valence-corrected chi connectivity index (χ2v) is 10.4. The van der Waals surface area contributed by atoms with Crippen molar-refractivity contribution in [3.63, 3.8) is 0 Å². The Balaban J connectivity index is 1.39. The predicted molar refractivity (Wildman–Crippen MR) is 132 cm³/mol. The fourth-order valence-corrected chi connectivity index (χ4v) is 4.59. The summed E-state index contributed by atoms with van der Waals surface area (Å²) >= 11 is 0. The molecule has 35 heavy (non-hydrogen) atoms. The van der Waals surface area contributed by atoms with E-state index >= 15 is 0 Å². The van der Waals surface area contributed by atoms with E-state index in [1.54, 1.807) is 6.07 Å². The molecule has 0 saturated heterocycles. The molecule has 0 aliphatic carbocycles. The van der Waals surface area contributed by atoms with Crippen molar-refractivity contribution in [2.75, 3.05) is 29.6 Å². The number of sulfone groups is 1. The normalized spacial score (nSPS) is 14.3. The molecule has 180 valence electrons. The molecule has 11 heteroatoms. The standard InChI is InChI=1S/C24H24FN7O2S/c1-3-16-14-26-24(27-15-16)31-11-8-17(9-12-31)22-29-30-23-21(5-4-10-32(22)23)28-20-7-6-18(13-19(20)25)35(2,33)34/h4-8,10,13-15,28H,3,9,11-12H2,1-2H3. The molecule has 0 saturated carbocycles. The molecule has 0 unspecified atom stereocenters. The lowest BCUT2D eigenvalue weighted by molar-refractivity contribution is 0.596. The number of aryl methyl sites for hydroxylation is 1. The van der Waals surface area contributed by atoms with Crippen LogP contribution in [0.2, 0.25) is 0 Å². The van der Waals surface area contributed by atoms with Crippen LogP contribution < -0.4 is 10.2 Å². The highest BCUT2D eigenvalue weighted by Gasteiger charge is 2.20. The first kappa shape index (κ1) is 22.9. The first-order valence-corrected chi connectivity index (χ1v) is 13.1. The van der Waals surface area contributed by atoms with Gasteiger partial charge < -0.3 is 10.2 Å². The van der Waals surface area contributed by atoms with Crippen molar-refractivity contribution < 1.29 is 12.8 Å². The molecule has 4 heterocycles. The highest BCUT2D eigenvalue weighted by Crippen LogP contribution is 2.28. The predicted octanol–water partition coefficient (Wildman–Crippen LogP) is 3.66.